The number of benzene rings is 1. The van der Waals surface area contributed by atoms with Gasteiger partial charge in [0.15, 0.2) is 5.82 Å². The summed E-state index contributed by atoms with van der Waals surface area (Å²) in [5.74, 6) is -1.08. The summed E-state index contributed by atoms with van der Waals surface area (Å²) in [4.78, 5) is -0.619. The molecule has 1 aromatic rings. The summed E-state index contributed by atoms with van der Waals surface area (Å²) in [5.41, 5.74) is 0. The Hall–Kier alpha value is -0.900. The van der Waals surface area contributed by atoms with Gasteiger partial charge < -0.3 is 4.74 Å². The molecule has 0 heterocycles. The lowest BCUT2D eigenvalue weighted by atomic mass is 10.3. The van der Waals surface area contributed by atoms with Crippen molar-refractivity contribution in [3.8, 4) is 0 Å². The van der Waals surface area contributed by atoms with E-state index in [1.165, 1.54) is 12.1 Å². The third kappa shape index (κ3) is 6.16. The fourth-order valence-electron chi connectivity index (χ4n) is 1.34. The van der Waals surface area contributed by atoms with Gasteiger partial charge in [-0.05, 0) is 18.6 Å². The zero-order valence-corrected chi connectivity index (χ0v) is 12.2. The lowest BCUT2D eigenvalue weighted by Gasteiger charge is -2.09. The van der Waals surface area contributed by atoms with E-state index in [-0.39, 0.29) is 24.6 Å². The number of rotatable bonds is 7. The van der Waals surface area contributed by atoms with Crippen LogP contribution in [0.15, 0.2) is 23.1 Å². The summed E-state index contributed by atoms with van der Waals surface area (Å²) in [6.45, 7) is -1.87. The minimum Gasteiger partial charge on any atom is -0.372 e. The van der Waals surface area contributed by atoms with E-state index in [0.29, 0.717) is 0 Å². The predicted molar refractivity (Wildman–Crippen MR) is 68.1 cm³/mol. The maximum atomic E-state index is 13.6. The summed E-state index contributed by atoms with van der Waals surface area (Å²) >= 11 is 5.47. The smallest absolute Gasteiger partial charge is 0.372 e. The first-order valence-electron chi connectivity index (χ1n) is 5.71. The van der Waals surface area contributed by atoms with Crippen LogP contribution in [0.25, 0.3) is 0 Å². The molecule has 0 aliphatic heterocycles. The highest BCUT2D eigenvalue weighted by atomic mass is 35.5. The monoisotopic (exact) mass is 349 g/mol. The summed E-state index contributed by atoms with van der Waals surface area (Å²) in [6.07, 6.45) is -4.42. The van der Waals surface area contributed by atoms with Crippen molar-refractivity contribution in [2.45, 2.75) is 17.5 Å². The molecule has 0 saturated carbocycles. The van der Waals surface area contributed by atoms with Gasteiger partial charge in [0.05, 0.1) is 5.02 Å². The molecule has 120 valence electrons. The molecule has 0 aliphatic rings. The molecule has 0 radical (unpaired) electrons. The van der Waals surface area contributed by atoms with Crippen LogP contribution < -0.4 is 4.72 Å². The van der Waals surface area contributed by atoms with Crippen LogP contribution in [0.1, 0.15) is 6.42 Å². The molecule has 0 unspecified atom stereocenters. The molecule has 4 nitrogen and oxygen atoms in total. The molecule has 0 aromatic heterocycles. The second-order valence-electron chi connectivity index (χ2n) is 3.97. The Morgan fingerprint density at radius 3 is 2.57 bits per heavy atom. The maximum absolute atomic E-state index is 13.6. The van der Waals surface area contributed by atoms with E-state index in [1.807, 2.05) is 0 Å². The molecular formula is C11H12ClF4NO3S. The van der Waals surface area contributed by atoms with Crippen LogP contribution in [0.4, 0.5) is 17.6 Å². The van der Waals surface area contributed by atoms with E-state index in [2.05, 4.69) is 9.46 Å². The lowest BCUT2D eigenvalue weighted by molar-refractivity contribution is -0.173. The second-order valence-corrected chi connectivity index (χ2v) is 6.11. The van der Waals surface area contributed by atoms with Crippen molar-refractivity contribution < 1.29 is 30.7 Å². The first-order chi connectivity index (χ1) is 9.63. The van der Waals surface area contributed by atoms with Crippen LogP contribution in [0.2, 0.25) is 5.02 Å². The number of hydrogen-bond acceptors (Lipinski definition) is 3. The average molecular weight is 350 g/mol. The third-order valence-electron chi connectivity index (χ3n) is 2.23. The fourth-order valence-corrected chi connectivity index (χ4v) is 2.74. The number of halogens is 5. The van der Waals surface area contributed by atoms with Gasteiger partial charge in [-0.2, -0.15) is 13.2 Å². The van der Waals surface area contributed by atoms with E-state index >= 15 is 0 Å². The molecule has 0 aliphatic carbocycles. The zero-order valence-electron chi connectivity index (χ0n) is 10.6. The van der Waals surface area contributed by atoms with Gasteiger partial charge in [0.1, 0.15) is 11.5 Å². The van der Waals surface area contributed by atoms with Gasteiger partial charge in [-0.15, -0.1) is 0 Å². The highest BCUT2D eigenvalue weighted by molar-refractivity contribution is 7.89. The van der Waals surface area contributed by atoms with Crippen LogP contribution >= 0.6 is 11.6 Å². The largest absolute Gasteiger partial charge is 0.411 e. The molecule has 0 saturated heterocycles. The van der Waals surface area contributed by atoms with Gasteiger partial charge in [-0.1, -0.05) is 17.7 Å². The zero-order chi connectivity index (χ0) is 16.1. The van der Waals surface area contributed by atoms with Crippen molar-refractivity contribution in [3.63, 3.8) is 0 Å². The summed E-state index contributed by atoms with van der Waals surface area (Å²) < 4.78 is 78.8. The Kier molecular flexibility index (Phi) is 6.39. The van der Waals surface area contributed by atoms with Gasteiger partial charge in [0.25, 0.3) is 0 Å². The Labute approximate surface area is 124 Å². The molecule has 21 heavy (non-hydrogen) atoms. The third-order valence-corrected chi connectivity index (χ3v) is 4.00. The normalized spacial score (nSPS) is 12.6. The summed E-state index contributed by atoms with van der Waals surface area (Å²) in [5, 5.41) is -0.341. The second kappa shape index (κ2) is 7.39. The summed E-state index contributed by atoms with van der Waals surface area (Å²) in [6, 6.07) is 3.50. The van der Waals surface area contributed by atoms with E-state index in [1.54, 1.807) is 0 Å². The van der Waals surface area contributed by atoms with Gasteiger partial charge in [-0.3, -0.25) is 0 Å². The van der Waals surface area contributed by atoms with Crippen molar-refractivity contribution in [2.24, 2.45) is 0 Å². The van der Waals surface area contributed by atoms with Crippen LogP contribution in [-0.2, 0) is 14.8 Å². The molecule has 1 rings (SSSR count). The first-order valence-corrected chi connectivity index (χ1v) is 7.58. The standard InChI is InChI=1S/C11H12ClF4NO3S/c12-8-3-1-4-9(10(8)13)21(18,19)17-5-2-6-20-7-11(14,15)16/h1,3-4,17H,2,5-7H2. The lowest BCUT2D eigenvalue weighted by Crippen LogP contribution is -2.27. The molecule has 0 atom stereocenters. The van der Waals surface area contributed by atoms with Gasteiger partial charge >= 0.3 is 6.18 Å². The minimum absolute atomic E-state index is 0.0114. The number of sulfonamides is 1. The minimum atomic E-state index is -4.43. The van der Waals surface area contributed by atoms with Crippen molar-refractivity contribution in [1.82, 2.24) is 4.72 Å². The maximum Gasteiger partial charge on any atom is 0.411 e. The Morgan fingerprint density at radius 2 is 1.95 bits per heavy atom. The Balaban J connectivity index is 2.46. The molecule has 0 fully saturated rings. The van der Waals surface area contributed by atoms with Gasteiger partial charge in [-0.25, -0.2) is 17.5 Å². The average Bonchev–Trinajstić information content (AvgIpc) is 2.35. The quantitative estimate of drug-likeness (QED) is 0.608. The van der Waals surface area contributed by atoms with Crippen LogP contribution in [0, 0.1) is 5.82 Å². The predicted octanol–water partition coefficient (Wildman–Crippen LogP) is 2.73. The number of ether oxygens (including phenoxy) is 1. The number of alkyl halides is 3. The Bertz CT molecular complexity index is 577. The molecule has 0 spiro atoms. The molecule has 0 bridgehead atoms. The van der Waals surface area contributed by atoms with E-state index in [0.717, 1.165) is 6.07 Å². The molecule has 10 heteroatoms. The van der Waals surface area contributed by atoms with Crippen LogP contribution in [0.5, 0.6) is 0 Å². The summed E-state index contributed by atoms with van der Waals surface area (Å²) in [7, 11) is -4.12. The van der Waals surface area contributed by atoms with Crippen LogP contribution in [0.3, 0.4) is 0 Å². The van der Waals surface area contributed by atoms with Crippen molar-refractivity contribution in [1.29, 1.82) is 0 Å². The van der Waals surface area contributed by atoms with Gasteiger partial charge in [0.2, 0.25) is 10.0 Å². The van der Waals surface area contributed by atoms with Crippen LogP contribution in [-0.4, -0.2) is 34.4 Å². The number of hydrogen-bond donors (Lipinski definition) is 1. The number of nitrogens with one attached hydrogen (secondary N) is 1. The van der Waals surface area contributed by atoms with E-state index in [9.17, 15) is 26.0 Å². The molecule has 1 N–H and O–H groups in total. The topological polar surface area (TPSA) is 55.4 Å². The highest BCUT2D eigenvalue weighted by Gasteiger charge is 2.27. The molecule has 1 aromatic carbocycles. The van der Waals surface area contributed by atoms with Crippen molar-refractivity contribution in [3.05, 3.63) is 29.0 Å². The van der Waals surface area contributed by atoms with E-state index < -0.39 is 33.5 Å². The highest BCUT2D eigenvalue weighted by Crippen LogP contribution is 2.21. The van der Waals surface area contributed by atoms with E-state index in [4.69, 9.17) is 11.6 Å². The van der Waals surface area contributed by atoms with Gasteiger partial charge in [0, 0.05) is 13.2 Å². The van der Waals surface area contributed by atoms with Crippen molar-refractivity contribution >= 4 is 21.6 Å². The van der Waals surface area contributed by atoms with Crippen molar-refractivity contribution in [2.75, 3.05) is 19.8 Å². The molecular weight excluding hydrogens is 338 g/mol. The fraction of sp³-hybridized carbons (Fsp3) is 0.455. The SMILES string of the molecule is O=S(=O)(NCCCOCC(F)(F)F)c1cccc(Cl)c1F. The first kappa shape index (κ1) is 18.1. The molecule has 0 amide bonds. The Morgan fingerprint density at radius 1 is 1.29 bits per heavy atom.